The number of piperidine rings is 1. The van der Waals surface area contributed by atoms with Crippen LogP contribution in [0.1, 0.15) is 75.3 Å². The summed E-state index contributed by atoms with van der Waals surface area (Å²) in [6, 6.07) is 5.67. The van der Waals surface area contributed by atoms with Crippen LogP contribution in [-0.2, 0) is 0 Å². The lowest BCUT2D eigenvalue weighted by Crippen LogP contribution is -2.41. The van der Waals surface area contributed by atoms with E-state index in [2.05, 4.69) is 32.3 Å². The number of hydrogen-bond donors (Lipinski definition) is 1. The Bertz CT molecular complexity index is 1200. The zero-order chi connectivity index (χ0) is 23.7. The molecule has 34 heavy (non-hydrogen) atoms. The third-order valence-electron chi connectivity index (χ3n) is 7.41. The number of aromatic nitrogens is 5. The molecule has 1 aliphatic heterocycles. The number of rotatable bonds is 6. The first-order valence-electron chi connectivity index (χ1n) is 12.4. The zero-order valence-electron chi connectivity index (χ0n) is 20.3. The molecule has 9 heteroatoms. The average Bonchev–Trinajstić information content (AvgIpc) is 3.34. The minimum Gasteiger partial charge on any atom is -0.493 e. The van der Waals surface area contributed by atoms with Crippen molar-refractivity contribution >= 4 is 10.9 Å². The van der Waals surface area contributed by atoms with Crippen LogP contribution in [0.25, 0.3) is 10.9 Å². The van der Waals surface area contributed by atoms with Crippen LogP contribution >= 0.6 is 0 Å². The highest BCUT2D eigenvalue weighted by Gasteiger charge is 2.34. The van der Waals surface area contributed by atoms with Crippen LogP contribution in [0.5, 0.6) is 11.5 Å². The number of nitrogens with one attached hydrogen (secondary N) is 1. The van der Waals surface area contributed by atoms with Crippen molar-refractivity contribution in [3.8, 4) is 11.5 Å². The van der Waals surface area contributed by atoms with Crippen molar-refractivity contribution in [2.75, 3.05) is 27.3 Å². The molecule has 0 radical (unpaired) electrons. The first-order valence-corrected chi connectivity index (χ1v) is 12.4. The summed E-state index contributed by atoms with van der Waals surface area (Å²) in [7, 11) is 3.21. The van der Waals surface area contributed by atoms with Crippen LogP contribution in [0.2, 0.25) is 0 Å². The SMILES string of the molecule is COc1cc2cc([C@H](c3nnnn3C3CCCCC3)N3CCC[C@H](C)C3)c(=O)[nH]c2cc1OC. The number of pyridine rings is 1. The van der Waals surface area contributed by atoms with Crippen LogP contribution in [0.15, 0.2) is 23.0 Å². The van der Waals surface area contributed by atoms with E-state index >= 15 is 0 Å². The molecule has 3 aromatic rings. The smallest absolute Gasteiger partial charge is 0.253 e. The maximum Gasteiger partial charge on any atom is 0.253 e. The molecule has 2 aromatic heterocycles. The van der Waals surface area contributed by atoms with Gasteiger partial charge in [-0.25, -0.2) is 4.68 Å². The number of likely N-dealkylation sites (tertiary alicyclic amines) is 1. The fraction of sp³-hybridized carbons (Fsp3) is 0.600. The maximum atomic E-state index is 13.5. The second kappa shape index (κ2) is 9.74. The van der Waals surface area contributed by atoms with Gasteiger partial charge in [0.25, 0.3) is 5.56 Å². The number of hydrogen-bond acceptors (Lipinski definition) is 7. The monoisotopic (exact) mass is 466 g/mol. The molecule has 1 aromatic carbocycles. The maximum absolute atomic E-state index is 13.5. The predicted molar refractivity (Wildman–Crippen MR) is 129 cm³/mol. The predicted octanol–water partition coefficient (Wildman–Crippen LogP) is 3.86. The summed E-state index contributed by atoms with van der Waals surface area (Å²) in [5.74, 6) is 2.54. The Morgan fingerprint density at radius 1 is 1.03 bits per heavy atom. The summed E-state index contributed by atoms with van der Waals surface area (Å²) in [6.45, 7) is 4.09. The number of fused-ring (bicyclic) bond motifs is 1. The van der Waals surface area contributed by atoms with Crippen LogP contribution in [0.3, 0.4) is 0 Å². The first kappa shape index (κ1) is 22.8. The molecule has 1 saturated heterocycles. The minimum absolute atomic E-state index is 0.124. The number of H-pyrrole nitrogens is 1. The van der Waals surface area contributed by atoms with E-state index in [9.17, 15) is 4.79 Å². The highest BCUT2D eigenvalue weighted by Crippen LogP contribution is 2.36. The summed E-state index contributed by atoms with van der Waals surface area (Å²) in [5, 5.41) is 13.9. The molecule has 0 spiro atoms. The Balaban J connectivity index is 1.65. The summed E-state index contributed by atoms with van der Waals surface area (Å²) < 4.78 is 12.9. The van der Waals surface area contributed by atoms with Gasteiger partial charge in [-0.05, 0) is 60.7 Å². The van der Waals surface area contributed by atoms with Gasteiger partial charge in [0.2, 0.25) is 0 Å². The van der Waals surface area contributed by atoms with Gasteiger partial charge in [0.05, 0.1) is 25.8 Å². The Morgan fingerprint density at radius 3 is 2.53 bits per heavy atom. The molecule has 2 fully saturated rings. The van der Waals surface area contributed by atoms with Crippen molar-refractivity contribution in [3.05, 3.63) is 39.9 Å². The first-order chi connectivity index (χ1) is 16.6. The molecule has 0 amide bonds. The number of ether oxygens (including phenoxy) is 2. The van der Waals surface area contributed by atoms with E-state index in [1.165, 1.54) is 25.7 Å². The van der Waals surface area contributed by atoms with Gasteiger partial charge >= 0.3 is 0 Å². The van der Waals surface area contributed by atoms with Crippen molar-refractivity contribution in [2.45, 2.75) is 64.0 Å². The summed E-state index contributed by atoms with van der Waals surface area (Å²) in [4.78, 5) is 19.0. The van der Waals surface area contributed by atoms with E-state index in [0.29, 0.717) is 28.5 Å². The van der Waals surface area contributed by atoms with Crippen molar-refractivity contribution < 1.29 is 9.47 Å². The van der Waals surface area contributed by atoms with E-state index in [0.717, 1.165) is 43.6 Å². The fourth-order valence-corrected chi connectivity index (χ4v) is 5.68. The Hall–Kier alpha value is -2.94. The van der Waals surface area contributed by atoms with Gasteiger partial charge in [0.1, 0.15) is 6.04 Å². The summed E-state index contributed by atoms with van der Waals surface area (Å²) >= 11 is 0. The molecular formula is C25H34N6O3. The lowest BCUT2D eigenvalue weighted by atomic mass is 9.93. The highest BCUT2D eigenvalue weighted by molar-refractivity contribution is 5.83. The molecular weight excluding hydrogens is 432 g/mol. The molecule has 3 heterocycles. The van der Waals surface area contributed by atoms with Crippen LogP contribution in [0.4, 0.5) is 0 Å². The fourth-order valence-electron chi connectivity index (χ4n) is 5.68. The van der Waals surface area contributed by atoms with Gasteiger partial charge < -0.3 is 14.5 Å². The largest absolute Gasteiger partial charge is 0.493 e. The van der Waals surface area contributed by atoms with E-state index in [1.54, 1.807) is 14.2 Å². The molecule has 9 nitrogen and oxygen atoms in total. The second-order valence-electron chi connectivity index (χ2n) is 9.77. The van der Waals surface area contributed by atoms with E-state index in [1.807, 2.05) is 22.9 Å². The molecule has 2 aliphatic rings. The minimum atomic E-state index is -0.305. The molecule has 0 unspecified atom stereocenters. The normalized spacial score (nSPS) is 21.0. The van der Waals surface area contributed by atoms with Gasteiger partial charge in [-0.15, -0.1) is 5.10 Å². The van der Waals surface area contributed by atoms with E-state index in [-0.39, 0.29) is 17.6 Å². The Labute approximate surface area is 199 Å². The Kier molecular flexibility index (Phi) is 6.54. The van der Waals surface area contributed by atoms with Crippen molar-refractivity contribution in [3.63, 3.8) is 0 Å². The van der Waals surface area contributed by atoms with E-state index < -0.39 is 0 Å². The number of benzene rings is 1. The third kappa shape index (κ3) is 4.29. The van der Waals surface area contributed by atoms with E-state index in [4.69, 9.17) is 9.47 Å². The van der Waals surface area contributed by atoms with Gasteiger partial charge in [0, 0.05) is 23.6 Å². The average molecular weight is 467 g/mol. The molecule has 0 bridgehead atoms. The van der Waals surface area contributed by atoms with Crippen LogP contribution < -0.4 is 15.0 Å². The van der Waals surface area contributed by atoms with Gasteiger partial charge in [0.15, 0.2) is 17.3 Å². The standard InChI is InChI=1S/C25H34N6O3/c1-16-8-7-11-30(15-16)23(24-27-28-29-31(24)18-9-5-4-6-10-18)19-12-17-13-21(33-2)22(34-3)14-20(17)26-25(19)32/h12-14,16,18,23H,4-11,15H2,1-3H3,(H,26,32)/t16-,23+/m0/s1. The van der Waals surface area contributed by atoms with Crippen molar-refractivity contribution in [1.29, 1.82) is 0 Å². The molecule has 1 N–H and O–H groups in total. The zero-order valence-corrected chi connectivity index (χ0v) is 20.3. The lowest BCUT2D eigenvalue weighted by Gasteiger charge is -2.37. The highest BCUT2D eigenvalue weighted by atomic mass is 16.5. The number of aromatic amines is 1. The lowest BCUT2D eigenvalue weighted by molar-refractivity contribution is 0.138. The Morgan fingerprint density at radius 2 is 1.79 bits per heavy atom. The molecule has 1 saturated carbocycles. The topological polar surface area (TPSA) is 98.2 Å². The molecule has 1 aliphatic carbocycles. The molecule has 182 valence electrons. The molecule has 2 atom stereocenters. The van der Waals surface area contributed by atoms with Gasteiger partial charge in [-0.2, -0.15) is 0 Å². The third-order valence-corrected chi connectivity index (χ3v) is 7.41. The second-order valence-corrected chi connectivity index (χ2v) is 9.77. The summed E-state index contributed by atoms with van der Waals surface area (Å²) in [5.41, 5.74) is 1.26. The molecule has 5 rings (SSSR count). The number of methoxy groups -OCH3 is 2. The van der Waals surface area contributed by atoms with Crippen molar-refractivity contribution in [1.82, 2.24) is 30.1 Å². The van der Waals surface area contributed by atoms with Gasteiger partial charge in [-0.3, -0.25) is 9.69 Å². The van der Waals surface area contributed by atoms with Crippen molar-refractivity contribution in [2.24, 2.45) is 5.92 Å². The van der Waals surface area contributed by atoms with Crippen LogP contribution in [-0.4, -0.2) is 57.4 Å². The number of nitrogens with zero attached hydrogens (tertiary/aromatic N) is 5. The summed E-state index contributed by atoms with van der Waals surface area (Å²) in [6.07, 6.45) is 8.08. The number of tetrazole rings is 1. The quantitative estimate of drug-likeness (QED) is 0.589. The van der Waals surface area contributed by atoms with Gasteiger partial charge in [-0.1, -0.05) is 26.2 Å². The van der Waals surface area contributed by atoms with Crippen LogP contribution in [0, 0.1) is 5.92 Å².